The third kappa shape index (κ3) is 18.3. The number of ether oxygens (including phenoxy) is 1. The molecule has 0 aliphatic heterocycles. The van der Waals surface area contributed by atoms with E-state index in [0.717, 1.165) is 0 Å². The van der Waals surface area contributed by atoms with Crippen LogP contribution >= 0.6 is 0 Å². The zero-order valence-electron chi connectivity index (χ0n) is 8.05. The Kier molecular flexibility index (Phi) is 15.5. The average molecular weight is 190 g/mol. The molecule has 0 amide bonds. The zero-order chi connectivity index (χ0) is 10.5. The van der Waals surface area contributed by atoms with Gasteiger partial charge in [-0.1, -0.05) is 12.2 Å². The molecule has 0 fully saturated rings. The lowest BCUT2D eigenvalue weighted by Crippen LogP contribution is -2.15. The summed E-state index contributed by atoms with van der Waals surface area (Å²) in [6.07, 6.45) is 5.96. The van der Waals surface area contributed by atoms with Gasteiger partial charge < -0.3 is 20.1 Å². The molecule has 0 aromatic carbocycles. The van der Waals surface area contributed by atoms with E-state index in [2.05, 4.69) is 0 Å². The summed E-state index contributed by atoms with van der Waals surface area (Å²) in [5.74, 6) is 0. The van der Waals surface area contributed by atoms with Crippen LogP contribution in [0.15, 0.2) is 24.7 Å². The predicted octanol–water partition coefficient (Wildman–Crippen LogP) is 0.402. The van der Waals surface area contributed by atoms with Crippen LogP contribution in [0.5, 0.6) is 0 Å². The Balaban J connectivity index is 0. The van der Waals surface area contributed by atoms with E-state index in [-0.39, 0.29) is 13.2 Å². The molecule has 0 spiro atoms. The van der Waals surface area contributed by atoms with Crippen LogP contribution in [-0.2, 0) is 4.74 Å². The summed E-state index contributed by atoms with van der Waals surface area (Å²) in [6.45, 7) is 3.08. The van der Waals surface area contributed by atoms with Gasteiger partial charge in [-0.05, 0) is 13.8 Å². The van der Waals surface area contributed by atoms with Gasteiger partial charge in [-0.25, -0.2) is 0 Å². The molecular formula is C9H18O4. The molecule has 0 heterocycles. The smallest absolute Gasteiger partial charge is 0.100 e. The SMILES string of the molecule is CC=COC=CC.OCC(O)CO. The van der Waals surface area contributed by atoms with Gasteiger partial charge in [0.2, 0.25) is 0 Å². The maximum Gasteiger partial charge on any atom is 0.100 e. The van der Waals surface area contributed by atoms with E-state index >= 15 is 0 Å². The second-order valence-electron chi connectivity index (χ2n) is 2.09. The molecule has 0 atom stereocenters. The fraction of sp³-hybridized carbons (Fsp3) is 0.556. The maximum absolute atomic E-state index is 8.17. The van der Waals surface area contributed by atoms with Gasteiger partial charge in [-0.15, -0.1) is 0 Å². The highest BCUT2D eigenvalue weighted by Crippen LogP contribution is 1.76. The van der Waals surface area contributed by atoms with Gasteiger partial charge in [0.05, 0.1) is 25.7 Å². The van der Waals surface area contributed by atoms with Gasteiger partial charge in [-0.3, -0.25) is 0 Å². The molecule has 0 saturated carbocycles. The highest BCUT2D eigenvalue weighted by molar-refractivity contribution is 4.73. The van der Waals surface area contributed by atoms with Crippen molar-refractivity contribution in [2.24, 2.45) is 0 Å². The van der Waals surface area contributed by atoms with Crippen molar-refractivity contribution in [1.29, 1.82) is 0 Å². The van der Waals surface area contributed by atoms with Crippen LogP contribution < -0.4 is 0 Å². The number of allylic oxidation sites excluding steroid dienone is 2. The van der Waals surface area contributed by atoms with Crippen LogP contribution in [0.25, 0.3) is 0 Å². The summed E-state index contributed by atoms with van der Waals surface area (Å²) >= 11 is 0. The van der Waals surface area contributed by atoms with Gasteiger partial charge in [0.25, 0.3) is 0 Å². The molecule has 4 heteroatoms. The second kappa shape index (κ2) is 13.7. The molecule has 0 rings (SSSR count). The maximum atomic E-state index is 8.17. The highest BCUT2D eigenvalue weighted by atomic mass is 16.5. The standard InChI is InChI=1S/C6H10O.C3H8O3/c1-3-5-7-6-4-2;4-1-3(6)2-5/h3-6H,1-2H3;3-6H,1-2H2. The molecular weight excluding hydrogens is 172 g/mol. The number of hydrogen-bond donors (Lipinski definition) is 3. The Morgan fingerprint density at radius 3 is 1.62 bits per heavy atom. The summed E-state index contributed by atoms with van der Waals surface area (Å²) in [7, 11) is 0. The normalized spacial score (nSPS) is 10.6. The van der Waals surface area contributed by atoms with Crippen molar-refractivity contribution >= 4 is 0 Å². The molecule has 0 aromatic rings. The Hall–Kier alpha value is -0.840. The lowest BCUT2D eigenvalue weighted by Gasteiger charge is -1.96. The molecule has 0 aromatic heterocycles. The first-order chi connectivity index (χ1) is 6.22. The van der Waals surface area contributed by atoms with E-state index in [0.29, 0.717) is 0 Å². The molecule has 0 unspecified atom stereocenters. The topological polar surface area (TPSA) is 69.9 Å². The summed E-state index contributed by atoms with van der Waals surface area (Å²) in [4.78, 5) is 0. The summed E-state index contributed by atoms with van der Waals surface area (Å²) < 4.78 is 4.77. The fourth-order valence-corrected chi connectivity index (χ4v) is 0.260. The minimum atomic E-state index is -0.954. The molecule has 0 aliphatic carbocycles. The zero-order valence-corrected chi connectivity index (χ0v) is 8.05. The number of rotatable bonds is 4. The Bertz CT molecular complexity index is 118. The summed E-state index contributed by atoms with van der Waals surface area (Å²) in [6, 6.07) is 0. The van der Waals surface area contributed by atoms with Gasteiger partial charge in [0.1, 0.15) is 6.10 Å². The first-order valence-corrected chi connectivity index (χ1v) is 4.00. The average Bonchev–Trinajstić information content (AvgIpc) is 2.18. The summed E-state index contributed by atoms with van der Waals surface area (Å²) in [5.41, 5.74) is 0. The van der Waals surface area contributed by atoms with Crippen LogP contribution in [0, 0.1) is 0 Å². The molecule has 0 radical (unpaired) electrons. The van der Waals surface area contributed by atoms with E-state index in [1.165, 1.54) is 0 Å². The molecule has 0 bridgehead atoms. The molecule has 0 aliphatic rings. The minimum Gasteiger partial charge on any atom is -0.473 e. The number of aliphatic hydroxyl groups is 3. The van der Waals surface area contributed by atoms with E-state index in [1.54, 1.807) is 12.5 Å². The van der Waals surface area contributed by atoms with E-state index in [4.69, 9.17) is 20.1 Å². The largest absolute Gasteiger partial charge is 0.473 e. The van der Waals surface area contributed by atoms with E-state index in [9.17, 15) is 0 Å². The van der Waals surface area contributed by atoms with Crippen molar-refractivity contribution in [2.45, 2.75) is 20.0 Å². The Morgan fingerprint density at radius 1 is 1.08 bits per heavy atom. The van der Waals surface area contributed by atoms with Gasteiger partial charge in [0, 0.05) is 0 Å². The van der Waals surface area contributed by atoms with E-state index < -0.39 is 6.10 Å². The molecule has 78 valence electrons. The number of hydrogen-bond acceptors (Lipinski definition) is 4. The molecule has 3 N–H and O–H groups in total. The van der Waals surface area contributed by atoms with Gasteiger partial charge in [0.15, 0.2) is 0 Å². The van der Waals surface area contributed by atoms with Crippen molar-refractivity contribution in [3.05, 3.63) is 24.7 Å². The quantitative estimate of drug-likeness (QED) is 0.561. The molecule has 0 saturated heterocycles. The lowest BCUT2D eigenvalue weighted by atomic mass is 10.4. The Morgan fingerprint density at radius 2 is 1.46 bits per heavy atom. The third-order valence-corrected chi connectivity index (χ3v) is 0.851. The van der Waals surface area contributed by atoms with Crippen molar-refractivity contribution < 1.29 is 20.1 Å². The summed E-state index contributed by atoms with van der Waals surface area (Å²) in [5, 5.41) is 24.0. The van der Waals surface area contributed by atoms with Crippen molar-refractivity contribution in [1.82, 2.24) is 0 Å². The second-order valence-corrected chi connectivity index (χ2v) is 2.09. The fourth-order valence-electron chi connectivity index (χ4n) is 0.260. The first kappa shape index (κ1) is 14.7. The van der Waals surface area contributed by atoms with Gasteiger partial charge >= 0.3 is 0 Å². The Labute approximate surface area is 78.8 Å². The van der Waals surface area contributed by atoms with Crippen LogP contribution in [0.1, 0.15) is 13.8 Å². The predicted molar refractivity (Wildman–Crippen MR) is 50.9 cm³/mol. The molecule has 4 nitrogen and oxygen atoms in total. The molecule has 13 heavy (non-hydrogen) atoms. The minimum absolute atomic E-state index is 0.365. The highest BCUT2D eigenvalue weighted by Gasteiger charge is 1.93. The lowest BCUT2D eigenvalue weighted by molar-refractivity contribution is 0.0450. The van der Waals surface area contributed by atoms with Gasteiger partial charge in [-0.2, -0.15) is 0 Å². The van der Waals surface area contributed by atoms with Crippen molar-refractivity contribution in [3.63, 3.8) is 0 Å². The number of aliphatic hydroxyl groups excluding tert-OH is 3. The monoisotopic (exact) mass is 190 g/mol. The third-order valence-electron chi connectivity index (χ3n) is 0.851. The van der Waals surface area contributed by atoms with E-state index in [1.807, 2.05) is 26.0 Å². The van der Waals surface area contributed by atoms with Crippen LogP contribution in [0.4, 0.5) is 0 Å². The van der Waals surface area contributed by atoms with Crippen molar-refractivity contribution in [2.75, 3.05) is 13.2 Å². The first-order valence-electron chi connectivity index (χ1n) is 4.00. The van der Waals surface area contributed by atoms with Crippen LogP contribution in [-0.4, -0.2) is 34.6 Å². The van der Waals surface area contributed by atoms with Crippen LogP contribution in [0.3, 0.4) is 0 Å². The van der Waals surface area contributed by atoms with Crippen molar-refractivity contribution in [3.8, 4) is 0 Å². The van der Waals surface area contributed by atoms with Crippen LogP contribution in [0.2, 0.25) is 0 Å².